The van der Waals surface area contributed by atoms with Crippen molar-refractivity contribution in [2.45, 2.75) is 67.4 Å². The molecule has 0 fully saturated rings. The maximum absolute atomic E-state index is 7.60. The summed E-state index contributed by atoms with van der Waals surface area (Å²) in [5, 5.41) is 1.64. The van der Waals surface area contributed by atoms with Crippen LogP contribution < -0.4 is 0 Å². The Bertz CT molecular complexity index is 2300. The van der Waals surface area contributed by atoms with Gasteiger partial charge in [0.1, 0.15) is 0 Å². The minimum absolute atomic E-state index is 0. The molecule has 43 heavy (non-hydrogen) atoms. The van der Waals surface area contributed by atoms with E-state index in [2.05, 4.69) is 73.8 Å². The third-order valence-electron chi connectivity index (χ3n) is 7.90. The van der Waals surface area contributed by atoms with Crippen molar-refractivity contribution in [2.75, 3.05) is 0 Å². The Labute approximate surface area is 286 Å². The smallest absolute Gasteiger partial charge is 0.216 e. The van der Waals surface area contributed by atoms with Gasteiger partial charge in [-0.3, -0.25) is 0 Å². The van der Waals surface area contributed by atoms with E-state index in [0.29, 0.717) is 16.9 Å². The van der Waals surface area contributed by atoms with E-state index in [9.17, 15) is 0 Å². The molecule has 223 valence electrons. The number of aromatic nitrogens is 3. The average molecular weight is 758 g/mol. The van der Waals surface area contributed by atoms with Crippen LogP contribution in [0.2, 0.25) is 0 Å². The normalized spacial score (nSPS) is 17.0. The molecule has 4 aromatic heterocycles. The molecular weight excluding hydrogens is 707 g/mol. The number of hydrogen-bond donors (Lipinski definition) is 0. The Balaban J connectivity index is 0.000000247. The van der Waals surface area contributed by atoms with E-state index >= 15 is 0 Å². The number of furan rings is 1. The number of pyridine rings is 3. The molecule has 6 rings (SSSR count). The summed E-state index contributed by atoms with van der Waals surface area (Å²) in [5.41, 5.74) is 3.70. The predicted molar refractivity (Wildman–Crippen MR) is 174 cm³/mol. The second-order valence-electron chi connectivity index (χ2n) is 11.7. The Morgan fingerprint density at radius 2 is 1.63 bits per heavy atom. The Hall–Kier alpha value is -3.66. The number of rotatable bonds is 3. The molecule has 0 aliphatic carbocycles. The maximum atomic E-state index is 7.60. The van der Waals surface area contributed by atoms with Crippen LogP contribution in [-0.2, 0) is 25.5 Å². The Morgan fingerprint density at radius 1 is 0.791 bits per heavy atom. The largest absolute Gasteiger partial charge is 0.486 e. The summed E-state index contributed by atoms with van der Waals surface area (Å²) in [4.78, 5) is 12.8. The van der Waals surface area contributed by atoms with Gasteiger partial charge in [-0.2, -0.15) is 0 Å². The number of aryl methyl sites for hydroxylation is 4. The first-order valence-electron chi connectivity index (χ1n) is 19.4. The summed E-state index contributed by atoms with van der Waals surface area (Å²) >= 11 is 0. The van der Waals surface area contributed by atoms with Gasteiger partial charge in [-0.25, -0.2) is 4.98 Å². The van der Waals surface area contributed by atoms with Crippen molar-refractivity contribution in [2.24, 2.45) is 5.41 Å². The molecule has 6 aromatic rings. The second-order valence-corrected chi connectivity index (χ2v) is 11.7. The van der Waals surface area contributed by atoms with E-state index in [1.54, 1.807) is 6.07 Å². The second kappa shape index (κ2) is 12.5. The average Bonchev–Trinajstić information content (AvgIpc) is 3.45. The van der Waals surface area contributed by atoms with Gasteiger partial charge in [-0.1, -0.05) is 70.1 Å². The van der Waals surface area contributed by atoms with Gasteiger partial charge in [-0.05, 0) is 72.1 Å². The Kier molecular flexibility index (Phi) is 5.70. The van der Waals surface area contributed by atoms with Gasteiger partial charge in [0.2, 0.25) is 5.71 Å². The predicted octanol–water partition coefficient (Wildman–Crippen LogP) is 9.95. The zero-order valence-corrected chi connectivity index (χ0v) is 26.9. The van der Waals surface area contributed by atoms with Crippen LogP contribution in [-0.4, -0.2) is 15.0 Å². The van der Waals surface area contributed by atoms with Crippen molar-refractivity contribution in [3.8, 4) is 22.5 Å². The van der Waals surface area contributed by atoms with E-state index in [1.807, 2.05) is 18.3 Å². The molecular formula is C38H39IrN3O-2. The van der Waals surface area contributed by atoms with Crippen LogP contribution >= 0.6 is 0 Å². The van der Waals surface area contributed by atoms with Crippen LogP contribution in [0.4, 0.5) is 0 Å². The van der Waals surface area contributed by atoms with Crippen LogP contribution in [0.3, 0.4) is 0 Å². The van der Waals surface area contributed by atoms with E-state index in [4.69, 9.17) is 20.9 Å². The molecule has 0 aliphatic heterocycles. The van der Waals surface area contributed by atoms with Gasteiger partial charge in [-0.15, -0.1) is 53.6 Å². The monoisotopic (exact) mass is 758 g/mol. The zero-order chi connectivity index (χ0) is 40.2. The fourth-order valence-electron chi connectivity index (χ4n) is 4.39. The van der Waals surface area contributed by atoms with Crippen molar-refractivity contribution in [1.82, 2.24) is 15.0 Å². The molecule has 0 spiro atoms. The number of benzene rings is 2. The number of hydrogen-bond acceptors (Lipinski definition) is 4. The van der Waals surface area contributed by atoms with Crippen LogP contribution in [0.1, 0.15) is 79.0 Å². The van der Waals surface area contributed by atoms with Crippen LogP contribution in [0.15, 0.2) is 77.5 Å². The van der Waals surface area contributed by atoms with Gasteiger partial charge in [0, 0.05) is 60.0 Å². The van der Waals surface area contributed by atoms with Gasteiger partial charge in [0.05, 0.1) is 5.58 Å². The topological polar surface area (TPSA) is 51.8 Å². The minimum atomic E-state index is -2.61. The quantitative estimate of drug-likeness (QED) is 0.169. The van der Waals surface area contributed by atoms with Crippen molar-refractivity contribution in [3.05, 3.63) is 113 Å². The summed E-state index contributed by atoms with van der Waals surface area (Å²) in [6, 6.07) is 22.5. The van der Waals surface area contributed by atoms with E-state index in [-0.39, 0.29) is 59.0 Å². The standard InChI is InChI=1S/C24H25N2O.C14H14N.Ir/c1-15-10-11-18-17-8-7-9-19(21(17)27-22(18)26-15)20-14-16(12-13-25-20)24(5,6)23(2,3)4;1-10-4-6-13(7-5-10)14-8-11(2)12(3)9-15-14;/h7-8,10-14H,1-6H3;4-6,8-9H,1-3H3;/q2*-1;/i1D3;1D3,2D3,3D3;. The zero-order valence-electron chi connectivity index (χ0n) is 36.5. The molecule has 0 saturated heterocycles. The number of fused-ring (bicyclic) bond motifs is 3. The third-order valence-corrected chi connectivity index (χ3v) is 7.90. The van der Waals surface area contributed by atoms with Crippen molar-refractivity contribution < 1.29 is 41.0 Å². The summed E-state index contributed by atoms with van der Waals surface area (Å²) in [5.74, 6) is 0. The van der Waals surface area contributed by atoms with Crippen LogP contribution in [0, 0.1) is 45.0 Å². The molecule has 4 nitrogen and oxygen atoms in total. The molecule has 0 aliphatic rings. The SMILES string of the molecule is [2H]C([2H])([2H])c1c[c-]c(-c2cc(C([2H])([2H])[2H])c(C([2H])([2H])[2H])cn2)cc1.[2H]C([2H])([2H])c1ccc2c(n1)oc1c(-c3cc(C(C)(C)C(C)(C)C)ccn3)[c-]ccc12.[Ir]. The fourth-order valence-corrected chi connectivity index (χ4v) is 4.39. The molecule has 0 amide bonds. The molecule has 0 bridgehead atoms. The molecule has 1 radical (unpaired) electrons. The van der Waals surface area contributed by atoms with E-state index in [1.165, 1.54) is 35.9 Å². The summed E-state index contributed by atoms with van der Waals surface area (Å²) in [6.45, 7) is 1.40. The molecule has 0 N–H and O–H groups in total. The molecule has 0 atom stereocenters. The van der Waals surface area contributed by atoms with Crippen LogP contribution in [0.5, 0.6) is 0 Å². The van der Waals surface area contributed by atoms with E-state index in [0.717, 1.165) is 28.2 Å². The maximum Gasteiger partial charge on any atom is 0.216 e. The van der Waals surface area contributed by atoms with Gasteiger partial charge < -0.3 is 14.4 Å². The summed E-state index contributed by atoms with van der Waals surface area (Å²) in [7, 11) is 0. The first-order valence-corrected chi connectivity index (χ1v) is 13.4. The van der Waals surface area contributed by atoms with Crippen molar-refractivity contribution in [3.63, 3.8) is 0 Å². The molecule has 2 aromatic carbocycles. The molecule has 4 heterocycles. The summed E-state index contributed by atoms with van der Waals surface area (Å²) in [6.07, 6.45) is 2.84. The van der Waals surface area contributed by atoms with Gasteiger partial charge >= 0.3 is 0 Å². The minimum Gasteiger partial charge on any atom is -0.486 e. The first kappa shape index (κ1) is 19.6. The van der Waals surface area contributed by atoms with E-state index < -0.39 is 27.4 Å². The molecule has 0 unspecified atom stereocenters. The third kappa shape index (κ3) is 6.64. The summed E-state index contributed by atoms with van der Waals surface area (Å²) < 4.78 is 95.7. The molecule has 5 heteroatoms. The fraction of sp³-hybridized carbons (Fsp3) is 0.289. The van der Waals surface area contributed by atoms with Crippen LogP contribution in [0.25, 0.3) is 44.6 Å². The van der Waals surface area contributed by atoms with Gasteiger partial charge in [0.15, 0.2) is 0 Å². The first-order chi connectivity index (χ1) is 24.7. The molecule has 0 saturated carbocycles. The van der Waals surface area contributed by atoms with Gasteiger partial charge in [0.25, 0.3) is 0 Å². The van der Waals surface area contributed by atoms with Crippen molar-refractivity contribution >= 4 is 22.1 Å². The Morgan fingerprint density at radius 3 is 2.33 bits per heavy atom. The number of nitrogens with zero attached hydrogens (tertiary/aromatic N) is 3. The van der Waals surface area contributed by atoms with Crippen molar-refractivity contribution in [1.29, 1.82) is 0 Å².